The van der Waals surface area contributed by atoms with E-state index in [0.717, 1.165) is 5.56 Å². The second kappa shape index (κ2) is 7.15. The third-order valence-corrected chi connectivity index (χ3v) is 6.26. The molecule has 5 nitrogen and oxygen atoms in total. The minimum atomic E-state index is -3.05. The van der Waals surface area contributed by atoms with Gasteiger partial charge in [0.25, 0.3) is 9.70 Å². The number of nitrogens with two attached hydrogens (primary N) is 1. The van der Waals surface area contributed by atoms with Crippen molar-refractivity contribution < 1.29 is 18.5 Å². The van der Waals surface area contributed by atoms with Crippen molar-refractivity contribution in [3.8, 4) is 0 Å². The van der Waals surface area contributed by atoms with Crippen molar-refractivity contribution in [1.82, 2.24) is 5.32 Å². The summed E-state index contributed by atoms with van der Waals surface area (Å²) in [7, 11) is -3.05. The lowest BCUT2D eigenvalue weighted by Gasteiger charge is -2.26. The molecule has 2 atom stereocenters. The second-order valence-corrected chi connectivity index (χ2v) is 10.3. The number of hydrogen-bond donors (Lipinski definition) is 2. The summed E-state index contributed by atoms with van der Waals surface area (Å²) in [5.74, 6) is -0.228. The molecule has 0 radical (unpaired) electrons. The Bertz CT molecular complexity index is 689. The molecule has 1 aromatic rings. The zero-order chi connectivity index (χ0) is 17.3. The molecular formula is C14H18Cl3N2O3S+. The lowest BCUT2D eigenvalue weighted by molar-refractivity contribution is -0.719. The van der Waals surface area contributed by atoms with E-state index in [0.29, 0.717) is 12.0 Å². The number of hydrogen-bond acceptors (Lipinski definition) is 3. The van der Waals surface area contributed by atoms with Crippen LogP contribution >= 0.6 is 34.8 Å². The number of amides is 1. The topological polar surface area (TPSA) is 79.8 Å². The summed E-state index contributed by atoms with van der Waals surface area (Å²) in [6.07, 6.45) is -0.405. The van der Waals surface area contributed by atoms with E-state index < -0.39 is 19.8 Å². The van der Waals surface area contributed by atoms with E-state index in [-0.39, 0.29) is 23.5 Å². The van der Waals surface area contributed by atoms with Crippen molar-refractivity contribution >= 4 is 50.5 Å². The Morgan fingerprint density at radius 3 is 2.52 bits per heavy atom. The van der Waals surface area contributed by atoms with Crippen LogP contribution in [0.1, 0.15) is 22.3 Å². The van der Waals surface area contributed by atoms with Crippen LogP contribution in [0.3, 0.4) is 0 Å². The Hall–Kier alpha value is -0.530. The quantitative estimate of drug-likeness (QED) is 0.588. The predicted octanol–water partition coefficient (Wildman–Crippen LogP) is 1.17. The van der Waals surface area contributed by atoms with Gasteiger partial charge in [-0.25, -0.2) is 8.42 Å². The van der Waals surface area contributed by atoms with Gasteiger partial charge < -0.3 is 5.32 Å². The molecule has 3 N–H and O–H groups in total. The third kappa shape index (κ3) is 5.22. The monoisotopic (exact) mass is 399 g/mol. The Morgan fingerprint density at radius 1 is 1.35 bits per heavy atom. The first-order valence-corrected chi connectivity index (χ1v) is 10.0. The number of benzene rings is 1. The summed E-state index contributed by atoms with van der Waals surface area (Å²) in [6.45, 7) is 1.81. The van der Waals surface area contributed by atoms with E-state index in [1.807, 2.05) is 19.1 Å². The number of sulfone groups is 1. The number of carbonyl (C=O) groups excluding carboxylic acids is 1. The molecule has 9 heteroatoms. The van der Waals surface area contributed by atoms with Crippen LogP contribution in [0, 0.1) is 6.92 Å². The van der Waals surface area contributed by atoms with Crippen LogP contribution in [0.2, 0.25) is 0 Å². The van der Waals surface area contributed by atoms with Crippen LogP contribution < -0.4 is 10.6 Å². The van der Waals surface area contributed by atoms with Gasteiger partial charge in [-0.1, -0.05) is 53.0 Å². The number of alkyl halides is 3. The molecule has 1 aliphatic rings. The summed E-state index contributed by atoms with van der Waals surface area (Å²) in [5, 5.41) is 4.30. The van der Waals surface area contributed by atoms with Crippen LogP contribution in [0.4, 0.5) is 0 Å². The molecule has 1 heterocycles. The Morgan fingerprint density at radius 2 is 2.00 bits per heavy atom. The lowest BCUT2D eigenvalue weighted by atomic mass is 10.1. The van der Waals surface area contributed by atoms with E-state index in [2.05, 4.69) is 5.32 Å². The van der Waals surface area contributed by atoms with Crippen molar-refractivity contribution in [3.05, 3.63) is 35.4 Å². The molecule has 128 valence electrons. The average molecular weight is 401 g/mol. The van der Waals surface area contributed by atoms with Gasteiger partial charge in [0.15, 0.2) is 9.84 Å². The molecule has 1 amide bonds. The maximum absolute atomic E-state index is 12.4. The largest absolute Gasteiger partial charge is 0.320 e. The van der Waals surface area contributed by atoms with Gasteiger partial charge in [0, 0.05) is 12.0 Å². The molecule has 2 rings (SSSR count). The first-order valence-electron chi connectivity index (χ1n) is 7.07. The van der Waals surface area contributed by atoms with E-state index in [1.54, 1.807) is 17.4 Å². The Labute approximate surface area is 150 Å². The summed E-state index contributed by atoms with van der Waals surface area (Å²) in [6, 6.07) is 6.83. The molecule has 1 saturated heterocycles. The number of nitrogens with one attached hydrogen (secondary N) is 1. The van der Waals surface area contributed by atoms with Crippen molar-refractivity contribution in [3.63, 3.8) is 0 Å². The predicted molar refractivity (Wildman–Crippen MR) is 91.7 cm³/mol. The van der Waals surface area contributed by atoms with Crippen LogP contribution in [-0.2, 0) is 9.84 Å². The number of rotatable bonds is 4. The zero-order valence-electron chi connectivity index (χ0n) is 12.4. The molecule has 0 spiro atoms. The minimum Gasteiger partial charge on any atom is -0.320 e. The number of aryl methyl sites for hydroxylation is 1. The first kappa shape index (κ1) is 18.8. The van der Waals surface area contributed by atoms with Crippen molar-refractivity contribution in [2.45, 2.75) is 29.3 Å². The van der Waals surface area contributed by atoms with E-state index >= 15 is 0 Å². The van der Waals surface area contributed by atoms with Crippen LogP contribution in [0.5, 0.6) is 0 Å². The Balaban J connectivity index is 2.11. The maximum Gasteiger partial charge on any atom is 0.262 e. The molecule has 0 saturated carbocycles. The molecular weight excluding hydrogens is 383 g/mol. The van der Waals surface area contributed by atoms with Crippen molar-refractivity contribution in [2.24, 2.45) is 0 Å². The highest BCUT2D eigenvalue weighted by Gasteiger charge is 2.42. The molecule has 0 unspecified atom stereocenters. The van der Waals surface area contributed by atoms with Gasteiger partial charge >= 0.3 is 0 Å². The fraction of sp³-hybridized carbons (Fsp3) is 0.500. The smallest absolute Gasteiger partial charge is 0.262 e. The molecule has 23 heavy (non-hydrogen) atoms. The highest BCUT2D eigenvalue weighted by molar-refractivity contribution is 7.91. The van der Waals surface area contributed by atoms with Gasteiger partial charge in [-0.3, -0.25) is 10.1 Å². The number of halogens is 3. The van der Waals surface area contributed by atoms with Crippen molar-refractivity contribution in [1.29, 1.82) is 0 Å². The molecule has 0 bridgehead atoms. The molecule has 1 fully saturated rings. The van der Waals surface area contributed by atoms with Gasteiger partial charge in [0.1, 0.15) is 11.8 Å². The highest BCUT2D eigenvalue weighted by Crippen LogP contribution is 2.28. The number of carbonyl (C=O) groups is 1. The molecule has 1 aliphatic heterocycles. The average Bonchev–Trinajstić information content (AvgIpc) is 2.76. The van der Waals surface area contributed by atoms with Crippen LogP contribution in [0.25, 0.3) is 0 Å². The summed E-state index contributed by atoms with van der Waals surface area (Å²) >= 11 is 17.9. The maximum atomic E-state index is 12.4. The molecule has 0 aliphatic carbocycles. The summed E-state index contributed by atoms with van der Waals surface area (Å²) < 4.78 is 21.3. The number of quaternary nitrogens is 1. The van der Waals surface area contributed by atoms with Gasteiger partial charge in [-0.15, -0.1) is 0 Å². The fourth-order valence-corrected chi connectivity index (χ4v) is 4.67. The first-order chi connectivity index (χ1) is 10.6. The molecule has 0 aromatic heterocycles. The van der Waals surface area contributed by atoms with Gasteiger partial charge in [0.05, 0.1) is 5.75 Å². The van der Waals surface area contributed by atoms with Gasteiger partial charge in [-0.05, 0) is 18.6 Å². The third-order valence-electron chi connectivity index (χ3n) is 3.76. The van der Waals surface area contributed by atoms with E-state index in [9.17, 15) is 13.2 Å². The second-order valence-electron chi connectivity index (χ2n) is 5.66. The fourth-order valence-electron chi connectivity index (χ4n) is 2.53. The minimum absolute atomic E-state index is 0.0183. The highest BCUT2D eigenvalue weighted by atomic mass is 35.6. The van der Waals surface area contributed by atoms with Crippen LogP contribution in [-0.4, -0.2) is 41.8 Å². The normalized spacial score (nSPS) is 21.8. The van der Waals surface area contributed by atoms with E-state index in [1.165, 1.54) is 0 Å². The lowest BCUT2D eigenvalue weighted by Crippen LogP contribution is -3.00. The van der Waals surface area contributed by atoms with Crippen molar-refractivity contribution in [2.75, 3.05) is 11.5 Å². The standard InChI is InChI=1S/C14H17Cl3N2O3S/c1-9-4-2-3-5-11(9)12(20)19-13(14(15,16)17)18-10-6-7-23(21,22)8-10/h2-5,10,13,18H,6-8H2,1H3,(H,19,20)/p+1/t10-,13+/m1/s1. The summed E-state index contributed by atoms with van der Waals surface area (Å²) in [4.78, 5) is 12.4. The zero-order valence-corrected chi connectivity index (χ0v) is 15.5. The molecule has 1 aromatic carbocycles. The van der Waals surface area contributed by atoms with E-state index in [4.69, 9.17) is 34.8 Å². The SMILES string of the molecule is Cc1ccccc1C(=O)N[C@H]([NH2+][C@@H]1CCS(=O)(=O)C1)C(Cl)(Cl)Cl. The summed E-state index contributed by atoms with van der Waals surface area (Å²) in [5.41, 5.74) is 1.29. The van der Waals surface area contributed by atoms with Gasteiger partial charge in [-0.2, -0.15) is 0 Å². The van der Waals surface area contributed by atoms with Crippen LogP contribution in [0.15, 0.2) is 24.3 Å². The Kier molecular flexibility index (Phi) is 5.85. The van der Waals surface area contributed by atoms with Gasteiger partial charge in [0.2, 0.25) is 6.17 Å².